The maximum absolute atomic E-state index is 12.7. The van der Waals surface area contributed by atoms with Crippen LogP contribution in [0.4, 0.5) is 11.6 Å². The van der Waals surface area contributed by atoms with E-state index >= 15 is 0 Å². The average Bonchev–Trinajstić information content (AvgIpc) is 2.73. The number of ether oxygens (including phenoxy) is 1. The van der Waals surface area contributed by atoms with Gasteiger partial charge < -0.3 is 20.3 Å². The molecule has 0 saturated carbocycles. The van der Waals surface area contributed by atoms with Crippen LogP contribution in [0.2, 0.25) is 0 Å². The van der Waals surface area contributed by atoms with Crippen LogP contribution in [0.5, 0.6) is 5.88 Å². The summed E-state index contributed by atoms with van der Waals surface area (Å²) in [5.74, 6) is 1.72. The second-order valence-corrected chi connectivity index (χ2v) is 6.67. The summed E-state index contributed by atoms with van der Waals surface area (Å²) in [5, 5.41) is 6.51. The van der Waals surface area contributed by atoms with Gasteiger partial charge in [0.15, 0.2) is 0 Å². The molecule has 7 nitrogen and oxygen atoms in total. The lowest BCUT2D eigenvalue weighted by molar-refractivity contribution is 0.0690. The van der Waals surface area contributed by atoms with Crippen LogP contribution in [-0.4, -0.2) is 54.1 Å². The van der Waals surface area contributed by atoms with Crippen molar-refractivity contribution in [2.24, 2.45) is 5.92 Å². The van der Waals surface area contributed by atoms with E-state index in [2.05, 4.69) is 27.5 Å². The summed E-state index contributed by atoms with van der Waals surface area (Å²) in [6.07, 6.45) is 3.75. The number of methoxy groups -OCH3 is 1. The molecular weight excluding hydrogens is 342 g/mol. The molecule has 1 aromatic heterocycles. The van der Waals surface area contributed by atoms with Gasteiger partial charge in [-0.25, -0.2) is 4.98 Å². The van der Waals surface area contributed by atoms with E-state index in [-0.39, 0.29) is 5.91 Å². The Labute approximate surface area is 160 Å². The minimum Gasteiger partial charge on any atom is -0.481 e. The first-order chi connectivity index (χ1) is 13.2. The molecule has 2 N–H and O–H groups in total. The standard InChI is InChI=1S/C20H27N5O2/c1-3-21-14-15-9-12-25(13-10-15)19(26)16-4-6-17(7-5-16)23-20-22-11-8-18(24-20)27-2/h4-8,11,15,21H,3,9-10,12-14H2,1-2H3,(H,22,23,24). The SMILES string of the molecule is CCNCC1CCN(C(=O)c2ccc(Nc3nccc(OC)n3)cc2)CC1. The highest BCUT2D eigenvalue weighted by atomic mass is 16.5. The van der Waals surface area contributed by atoms with Gasteiger partial charge in [-0.1, -0.05) is 6.92 Å². The monoisotopic (exact) mass is 369 g/mol. The van der Waals surface area contributed by atoms with Crippen molar-refractivity contribution < 1.29 is 9.53 Å². The van der Waals surface area contributed by atoms with Gasteiger partial charge in [-0.05, 0) is 56.1 Å². The molecule has 7 heteroatoms. The molecule has 0 bridgehead atoms. The smallest absolute Gasteiger partial charge is 0.253 e. The molecule has 2 heterocycles. The quantitative estimate of drug-likeness (QED) is 0.781. The third-order valence-corrected chi connectivity index (χ3v) is 4.81. The molecule has 1 amide bonds. The number of likely N-dealkylation sites (tertiary alicyclic amines) is 1. The zero-order chi connectivity index (χ0) is 19.1. The first-order valence-corrected chi connectivity index (χ1v) is 9.43. The molecular formula is C20H27N5O2. The van der Waals surface area contributed by atoms with Crippen molar-refractivity contribution in [2.75, 3.05) is 38.6 Å². The van der Waals surface area contributed by atoms with E-state index in [4.69, 9.17) is 4.74 Å². The summed E-state index contributed by atoms with van der Waals surface area (Å²) in [7, 11) is 1.57. The topological polar surface area (TPSA) is 79.4 Å². The van der Waals surface area contributed by atoms with Crippen molar-refractivity contribution in [1.82, 2.24) is 20.2 Å². The van der Waals surface area contributed by atoms with Gasteiger partial charge in [0, 0.05) is 36.6 Å². The summed E-state index contributed by atoms with van der Waals surface area (Å²) in [5.41, 5.74) is 1.53. The Morgan fingerprint density at radius 2 is 1.96 bits per heavy atom. The Balaban J connectivity index is 1.56. The minimum absolute atomic E-state index is 0.0982. The van der Waals surface area contributed by atoms with Gasteiger partial charge in [-0.15, -0.1) is 0 Å². The number of nitrogens with zero attached hydrogens (tertiary/aromatic N) is 3. The van der Waals surface area contributed by atoms with E-state index in [1.807, 2.05) is 29.2 Å². The average molecular weight is 369 g/mol. The maximum atomic E-state index is 12.7. The van der Waals surface area contributed by atoms with E-state index < -0.39 is 0 Å². The van der Waals surface area contributed by atoms with Gasteiger partial charge in [0.05, 0.1) is 7.11 Å². The Hall–Kier alpha value is -2.67. The molecule has 27 heavy (non-hydrogen) atoms. The highest BCUT2D eigenvalue weighted by Crippen LogP contribution is 2.20. The van der Waals surface area contributed by atoms with E-state index in [0.717, 1.165) is 44.7 Å². The van der Waals surface area contributed by atoms with Gasteiger partial charge in [-0.3, -0.25) is 4.79 Å². The number of amides is 1. The highest BCUT2D eigenvalue weighted by Gasteiger charge is 2.23. The number of benzene rings is 1. The fraction of sp³-hybridized carbons (Fsp3) is 0.450. The second kappa shape index (κ2) is 9.32. The molecule has 0 aliphatic carbocycles. The second-order valence-electron chi connectivity index (χ2n) is 6.67. The van der Waals surface area contributed by atoms with Crippen LogP contribution in [-0.2, 0) is 0 Å². The number of rotatable bonds is 7. The largest absolute Gasteiger partial charge is 0.481 e. The lowest BCUT2D eigenvalue weighted by atomic mass is 9.96. The Morgan fingerprint density at radius 1 is 1.22 bits per heavy atom. The lowest BCUT2D eigenvalue weighted by Gasteiger charge is -2.32. The zero-order valence-corrected chi connectivity index (χ0v) is 15.9. The van der Waals surface area contributed by atoms with Crippen molar-refractivity contribution in [2.45, 2.75) is 19.8 Å². The van der Waals surface area contributed by atoms with Crippen molar-refractivity contribution in [3.05, 3.63) is 42.1 Å². The van der Waals surface area contributed by atoms with Crippen molar-refractivity contribution in [3.63, 3.8) is 0 Å². The molecule has 0 atom stereocenters. The van der Waals surface area contributed by atoms with Crippen molar-refractivity contribution in [3.8, 4) is 5.88 Å². The van der Waals surface area contributed by atoms with Crippen LogP contribution in [0.15, 0.2) is 36.5 Å². The number of hydrogen-bond acceptors (Lipinski definition) is 6. The van der Waals surface area contributed by atoms with Gasteiger partial charge in [0.2, 0.25) is 11.8 Å². The summed E-state index contributed by atoms with van der Waals surface area (Å²) in [4.78, 5) is 23.1. The number of piperidine rings is 1. The van der Waals surface area contributed by atoms with Gasteiger partial charge in [0.1, 0.15) is 0 Å². The molecule has 144 valence electrons. The Morgan fingerprint density at radius 3 is 2.63 bits per heavy atom. The fourth-order valence-electron chi connectivity index (χ4n) is 3.21. The van der Waals surface area contributed by atoms with Crippen molar-refractivity contribution in [1.29, 1.82) is 0 Å². The van der Waals surface area contributed by atoms with Crippen LogP contribution in [0.25, 0.3) is 0 Å². The summed E-state index contributed by atoms with van der Waals surface area (Å²) < 4.78 is 5.09. The number of carbonyl (C=O) groups excluding carboxylic acids is 1. The van der Waals surface area contributed by atoms with Crippen molar-refractivity contribution >= 4 is 17.5 Å². The van der Waals surface area contributed by atoms with Gasteiger partial charge in [-0.2, -0.15) is 4.98 Å². The molecule has 3 rings (SSSR count). The first kappa shape index (κ1) is 19.1. The molecule has 0 radical (unpaired) electrons. The van der Waals surface area contributed by atoms with Gasteiger partial charge >= 0.3 is 0 Å². The molecule has 1 saturated heterocycles. The third-order valence-electron chi connectivity index (χ3n) is 4.81. The molecule has 1 fully saturated rings. The first-order valence-electron chi connectivity index (χ1n) is 9.43. The molecule has 1 aliphatic heterocycles. The van der Waals surface area contributed by atoms with Crippen LogP contribution < -0.4 is 15.4 Å². The summed E-state index contributed by atoms with van der Waals surface area (Å²) in [6.45, 7) is 5.82. The summed E-state index contributed by atoms with van der Waals surface area (Å²) in [6, 6.07) is 9.11. The van der Waals surface area contributed by atoms with Crippen LogP contribution in [0.3, 0.4) is 0 Å². The normalized spacial score (nSPS) is 14.8. The molecule has 0 spiro atoms. The minimum atomic E-state index is 0.0982. The Bertz CT molecular complexity index is 742. The number of carbonyl (C=O) groups is 1. The van der Waals surface area contributed by atoms with Crippen LogP contribution >= 0.6 is 0 Å². The zero-order valence-electron chi connectivity index (χ0n) is 15.9. The van der Waals surface area contributed by atoms with Crippen LogP contribution in [0, 0.1) is 5.92 Å². The third kappa shape index (κ3) is 5.17. The van der Waals surface area contributed by atoms with E-state index in [1.165, 1.54) is 0 Å². The van der Waals surface area contributed by atoms with Gasteiger partial charge in [0.25, 0.3) is 5.91 Å². The number of aromatic nitrogens is 2. The van der Waals surface area contributed by atoms with E-state index in [0.29, 0.717) is 23.3 Å². The van der Waals surface area contributed by atoms with E-state index in [9.17, 15) is 4.79 Å². The van der Waals surface area contributed by atoms with Crippen LogP contribution in [0.1, 0.15) is 30.1 Å². The Kier molecular flexibility index (Phi) is 6.59. The number of hydrogen-bond donors (Lipinski definition) is 2. The fourth-order valence-corrected chi connectivity index (χ4v) is 3.21. The predicted molar refractivity (Wildman–Crippen MR) is 105 cm³/mol. The van der Waals surface area contributed by atoms with E-state index in [1.54, 1.807) is 19.4 Å². The number of nitrogens with one attached hydrogen (secondary N) is 2. The molecule has 2 aromatic rings. The molecule has 1 aliphatic rings. The highest BCUT2D eigenvalue weighted by molar-refractivity contribution is 5.94. The maximum Gasteiger partial charge on any atom is 0.253 e. The molecule has 1 aromatic carbocycles. The lowest BCUT2D eigenvalue weighted by Crippen LogP contribution is -2.40. The molecule has 0 unspecified atom stereocenters. The number of anilines is 2. The predicted octanol–water partition coefficient (Wildman–Crippen LogP) is 2.69. The summed E-state index contributed by atoms with van der Waals surface area (Å²) >= 11 is 0.